The van der Waals surface area contributed by atoms with E-state index in [4.69, 9.17) is 18.6 Å². The largest absolute Gasteiger partial charge is 0.462 e. The van der Waals surface area contributed by atoms with Crippen molar-refractivity contribution in [2.45, 2.75) is 20.5 Å². The summed E-state index contributed by atoms with van der Waals surface area (Å²) in [5.41, 5.74) is 1.57. The summed E-state index contributed by atoms with van der Waals surface area (Å²) in [6.07, 6.45) is 0. The van der Waals surface area contributed by atoms with Crippen LogP contribution < -0.4 is 5.32 Å². The van der Waals surface area contributed by atoms with Gasteiger partial charge in [0.15, 0.2) is 6.61 Å². The third-order valence-electron chi connectivity index (χ3n) is 4.37. The van der Waals surface area contributed by atoms with Crippen LogP contribution in [0, 0.1) is 0 Å². The van der Waals surface area contributed by atoms with Crippen molar-refractivity contribution < 1.29 is 33.0 Å². The van der Waals surface area contributed by atoms with Gasteiger partial charge >= 0.3 is 11.9 Å². The van der Waals surface area contributed by atoms with E-state index < -0.39 is 24.5 Å². The lowest BCUT2D eigenvalue weighted by atomic mass is 10.1. The minimum absolute atomic E-state index is 0.00521. The van der Waals surface area contributed by atoms with Crippen molar-refractivity contribution >= 4 is 34.5 Å². The van der Waals surface area contributed by atoms with Crippen molar-refractivity contribution in [1.82, 2.24) is 0 Å². The summed E-state index contributed by atoms with van der Waals surface area (Å²) in [4.78, 5) is 36.9. The second kappa shape index (κ2) is 10.4. The number of ether oxygens (including phenoxy) is 3. The smallest absolute Gasteiger partial charge is 0.375 e. The number of benzene rings is 2. The molecule has 8 heteroatoms. The average molecular weight is 425 g/mol. The molecule has 8 nitrogen and oxygen atoms in total. The molecule has 0 bridgehead atoms. The number of hydrogen-bond acceptors (Lipinski definition) is 7. The van der Waals surface area contributed by atoms with Crippen molar-refractivity contribution in [3.63, 3.8) is 0 Å². The highest BCUT2D eigenvalue weighted by atomic mass is 16.5. The first-order valence-electron chi connectivity index (χ1n) is 9.86. The molecule has 0 spiro atoms. The maximum absolute atomic E-state index is 12.6. The Kier molecular flexibility index (Phi) is 7.40. The zero-order valence-electron chi connectivity index (χ0n) is 17.3. The molecule has 3 aromatic rings. The van der Waals surface area contributed by atoms with Crippen LogP contribution in [-0.4, -0.2) is 37.7 Å². The topological polar surface area (TPSA) is 104 Å². The molecule has 1 aromatic heterocycles. The Hall–Kier alpha value is -3.65. The number of carbonyl (C=O) groups is 3. The van der Waals surface area contributed by atoms with Crippen molar-refractivity contribution in [3.8, 4) is 0 Å². The van der Waals surface area contributed by atoms with Gasteiger partial charge in [-0.25, -0.2) is 9.59 Å². The Morgan fingerprint density at radius 2 is 1.65 bits per heavy atom. The first kappa shape index (κ1) is 22.0. The van der Waals surface area contributed by atoms with Crippen LogP contribution >= 0.6 is 0 Å². The van der Waals surface area contributed by atoms with Gasteiger partial charge in [0.25, 0.3) is 5.91 Å². The highest BCUT2D eigenvalue weighted by Gasteiger charge is 2.23. The normalized spacial score (nSPS) is 10.6. The van der Waals surface area contributed by atoms with E-state index in [1.807, 2.05) is 19.1 Å². The molecule has 1 amide bonds. The molecular formula is C23H23NO7. The number of esters is 2. The highest BCUT2D eigenvalue weighted by molar-refractivity contribution is 6.02. The van der Waals surface area contributed by atoms with E-state index in [9.17, 15) is 14.4 Å². The zero-order valence-corrected chi connectivity index (χ0v) is 17.3. The Balaban J connectivity index is 1.69. The van der Waals surface area contributed by atoms with Crippen LogP contribution in [0.3, 0.4) is 0 Å². The lowest BCUT2D eigenvalue weighted by Gasteiger charge is -2.10. The molecule has 0 aliphatic rings. The van der Waals surface area contributed by atoms with Gasteiger partial charge in [0.05, 0.1) is 24.5 Å². The molecule has 31 heavy (non-hydrogen) atoms. The minimum Gasteiger partial charge on any atom is -0.462 e. The Morgan fingerprint density at radius 3 is 2.42 bits per heavy atom. The molecule has 0 aliphatic heterocycles. The molecule has 0 radical (unpaired) electrons. The lowest BCUT2D eigenvalue weighted by molar-refractivity contribution is -0.119. The monoisotopic (exact) mass is 425 g/mol. The van der Waals surface area contributed by atoms with E-state index in [1.54, 1.807) is 37.3 Å². The van der Waals surface area contributed by atoms with E-state index in [0.717, 1.165) is 5.39 Å². The number of carbonyl (C=O) groups excluding carboxylic acids is 3. The summed E-state index contributed by atoms with van der Waals surface area (Å²) in [5, 5.41) is 3.31. The van der Waals surface area contributed by atoms with Crippen molar-refractivity contribution in [1.29, 1.82) is 0 Å². The number of hydrogen-bond donors (Lipinski definition) is 1. The van der Waals surface area contributed by atoms with Crippen LogP contribution in [0.1, 0.15) is 40.3 Å². The average Bonchev–Trinajstić information content (AvgIpc) is 3.15. The molecule has 3 rings (SSSR count). The molecule has 0 fully saturated rings. The quantitative estimate of drug-likeness (QED) is 0.518. The summed E-state index contributed by atoms with van der Waals surface area (Å²) >= 11 is 0. The van der Waals surface area contributed by atoms with Gasteiger partial charge in [-0.1, -0.05) is 30.3 Å². The fourth-order valence-corrected chi connectivity index (χ4v) is 2.97. The number of anilines is 1. The van der Waals surface area contributed by atoms with Gasteiger partial charge in [-0.2, -0.15) is 0 Å². The van der Waals surface area contributed by atoms with Crippen LogP contribution in [0.4, 0.5) is 5.69 Å². The molecular weight excluding hydrogens is 402 g/mol. The van der Waals surface area contributed by atoms with E-state index >= 15 is 0 Å². The van der Waals surface area contributed by atoms with Crippen LogP contribution in [0.25, 0.3) is 11.0 Å². The van der Waals surface area contributed by atoms with Gasteiger partial charge in [0.2, 0.25) is 5.76 Å². The number of para-hydroxylation sites is 2. The summed E-state index contributed by atoms with van der Waals surface area (Å²) in [6.45, 7) is 3.84. The fraction of sp³-hybridized carbons (Fsp3) is 0.261. The van der Waals surface area contributed by atoms with Gasteiger partial charge < -0.3 is 23.9 Å². The van der Waals surface area contributed by atoms with E-state index in [1.165, 1.54) is 6.07 Å². The summed E-state index contributed by atoms with van der Waals surface area (Å²) < 4.78 is 21.2. The third-order valence-corrected chi connectivity index (χ3v) is 4.37. The molecule has 1 N–H and O–H groups in total. The van der Waals surface area contributed by atoms with E-state index in [-0.39, 0.29) is 30.2 Å². The molecule has 1 heterocycles. The highest BCUT2D eigenvalue weighted by Crippen LogP contribution is 2.27. The molecule has 0 atom stereocenters. The number of furan rings is 1. The van der Waals surface area contributed by atoms with E-state index in [0.29, 0.717) is 17.8 Å². The summed E-state index contributed by atoms with van der Waals surface area (Å²) in [6, 6.07) is 13.6. The molecule has 0 saturated heterocycles. The van der Waals surface area contributed by atoms with Crippen LogP contribution in [-0.2, 0) is 25.6 Å². The molecule has 0 unspecified atom stereocenters. The standard InChI is InChI=1S/C23H23NO7/c1-3-28-13-17-15-9-6-8-12-19(15)31-21(17)23(27)30-14-20(25)24-18-11-7-5-10-16(18)22(26)29-4-2/h5-12H,3-4,13-14H2,1-2H3,(H,24,25). The summed E-state index contributed by atoms with van der Waals surface area (Å²) in [5.74, 6) is -1.94. The van der Waals surface area contributed by atoms with Gasteiger partial charge in [-0.05, 0) is 32.0 Å². The predicted molar refractivity (Wildman–Crippen MR) is 113 cm³/mol. The van der Waals surface area contributed by atoms with Crippen molar-refractivity contribution in [2.24, 2.45) is 0 Å². The second-order valence-electron chi connectivity index (χ2n) is 6.43. The van der Waals surface area contributed by atoms with Gasteiger partial charge in [0.1, 0.15) is 5.58 Å². The van der Waals surface area contributed by atoms with Crippen molar-refractivity contribution in [2.75, 3.05) is 25.1 Å². The van der Waals surface area contributed by atoms with E-state index in [2.05, 4.69) is 5.32 Å². The third kappa shape index (κ3) is 5.29. The number of fused-ring (bicyclic) bond motifs is 1. The number of rotatable bonds is 9. The molecule has 162 valence electrons. The van der Waals surface area contributed by atoms with Gasteiger partial charge in [-0.3, -0.25) is 4.79 Å². The molecule has 0 aliphatic carbocycles. The Labute approximate surface area is 179 Å². The minimum atomic E-state index is -0.778. The van der Waals surface area contributed by atoms with Crippen LogP contribution in [0.5, 0.6) is 0 Å². The van der Waals surface area contributed by atoms with Crippen molar-refractivity contribution in [3.05, 3.63) is 65.4 Å². The number of nitrogens with one attached hydrogen (secondary N) is 1. The Bertz CT molecular complexity index is 1090. The maximum Gasteiger partial charge on any atom is 0.375 e. The lowest BCUT2D eigenvalue weighted by Crippen LogP contribution is -2.22. The van der Waals surface area contributed by atoms with Gasteiger partial charge in [-0.15, -0.1) is 0 Å². The fourth-order valence-electron chi connectivity index (χ4n) is 2.97. The zero-order chi connectivity index (χ0) is 22.2. The van der Waals surface area contributed by atoms with Crippen LogP contribution in [0.2, 0.25) is 0 Å². The summed E-state index contributed by atoms with van der Waals surface area (Å²) in [7, 11) is 0. The number of amides is 1. The maximum atomic E-state index is 12.6. The first-order chi connectivity index (χ1) is 15.0. The molecule has 0 saturated carbocycles. The Morgan fingerprint density at radius 1 is 0.903 bits per heavy atom. The predicted octanol–water partition coefficient (Wildman–Crippen LogP) is 3.94. The van der Waals surface area contributed by atoms with Crippen LogP contribution in [0.15, 0.2) is 52.9 Å². The molecule has 2 aromatic carbocycles. The van der Waals surface area contributed by atoms with Gasteiger partial charge in [0, 0.05) is 17.6 Å². The SMILES string of the molecule is CCOCc1c(C(=O)OCC(=O)Nc2ccccc2C(=O)OCC)oc2ccccc12. The first-order valence-corrected chi connectivity index (χ1v) is 9.86. The second-order valence-corrected chi connectivity index (χ2v) is 6.43.